The van der Waals surface area contributed by atoms with Crippen LogP contribution in [0.3, 0.4) is 0 Å². The lowest BCUT2D eigenvalue weighted by atomic mass is 10.1. The average Bonchev–Trinajstić information content (AvgIpc) is 3.24. The minimum absolute atomic E-state index is 0.138. The van der Waals surface area contributed by atoms with Gasteiger partial charge in [0.25, 0.3) is 6.47 Å². The molecule has 0 bridgehead atoms. The van der Waals surface area contributed by atoms with E-state index in [4.69, 9.17) is 23.7 Å². The van der Waals surface area contributed by atoms with Gasteiger partial charge in [-0.3, -0.25) is 4.79 Å². The van der Waals surface area contributed by atoms with Crippen LogP contribution < -0.4 is 0 Å². The van der Waals surface area contributed by atoms with Gasteiger partial charge in [-0.2, -0.15) is 0 Å². The summed E-state index contributed by atoms with van der Waals surface area (Å²) in [5.74, 6) is -2.10. The van der Waals surface area contributed by atoms with Gasteiger partial charge in [-0.15, -0.1) is 0 Å². The number of hydrogen-bond donors (Lipinski definition) is 0. The van der Waals surface area contributed by atoms with E-state index in [1.54, 1.807) is 91.0 Å². The van der Waals surface area contributed by atoms with Crippen molar-refractivity contribution in [1.82, 2.24) is 0 Å². The minimum atomic E-state index is -1.42. The molecule has 4 atom stereocenters. The Bertz CT molecular complexity index is 1180. The predicted molar refractivity (Wildman–Crippen MR) is 124 cm³/mol. The average molecular weight is 490 g/mol. The number of benzene rings is 3. The van der Waals surface area contributed by atoms with Gasteiger partial charge in [-0.25, -0.2) is 14.4 Å². The number of carbonyl (C=O) groups is 4. The van der Waals surface area contributed by atoms with Crippen LogP contribution in [0.5, 0.6) is 0 Å². The summed E-state index contributed by atoms with van der Waals surface area (Å²) in [5, 5.41) is 0. The summed E-state index contributed by atoms with van der Waals surface area (Å²) < 4.78 is 27.3. The molecular weight excluding hydrogens is 468 g/mol. The van der Waals surface area contributed by atoms with E-state index >= 15 is 0 Å². The maximum Gasteiger partial charge on any atom is 0.340 e. The topological polar surface area (TPSA) is 114 Å². The lowest BCUT2D eigenvalue weighted by molar-refractivity contribution is -0.163. The third-order valence-electron chi connectivity index (χ3n) is 5.35. The van der Waals surface area contributed by atoms with Gasteiger partial charge < -0.3 is 23.7 Å². The molecule has 3 aromatic carbocycles. The van der Waals surface area contributed by atoms with Gasteiger partial charge in [0, 0.05) is 0 Å². The third kappa shape index (κ3) is 5.94. The Morgan fingerprint density at radius 3 is 1.64 bits per heavy atom. The van der Waals surface area contributed by atoms with Crippen LogP contribution in [0.1, 0.15) is 31.1 Å². The fraction of sp³-hybridized carbons (Fsp3) is 0.185. The zero-order chi connectivity index (χ0) is 25.3. The molecule has 36 heavy (non-hydrogen) atoms. The lowest BCUT2D eigenvalue weighted by Crippen LogP contribution is -2.41. The standard InChI is InChI=1S/C27H22O9/c28-17-33-23-22(35-25(30)19-12-6-2-7-13-19)21(16-32-24(29)18-10-4-1-5-11-18)34-27(23)36-26(31)20-14-8-3-9-15-20/h1-15,17,21-23,27H,16H2/t21-,22-,23+,27-/m1/s1. The largest absolute Gasteiger partial charge is 0.459 e. The highest BCUT2D eigenvalue weighted by molar-refractivity contribution is 5.90. The van der Waals surface area contributed by atoms with Crippen molar-refractivity contribution in [3.05, 3.63) is 108 Å². The van der Waals surface area contributed by atoms with E-state index in [0.29, 0.717) is 5.56 Å². The first kappa shape index (κ1) is 24.6. The van der Waals surface area contributed by atoms with Crippen LogP contribution in [-0.2, 0) is 28.5 Å². The van der Waals surface area contributed by atoms with Gasteiger partial charge in [0.1, 0.15) is 12.7 Å². The highest BCUT2D eigenvalue weighted by atomic mass is 16.8. The molecule has 0 amide bonds. The molecule has 9 heteroatoms. The molecule has 9 nitrogen and oxygen atoms in total. The van der Waals surface area contributed by atoms with Gasteiger partial charge in [0.15, 0.2) is 6.10 Å². The number of ether oxygens (including phenoxy) is 5. The van der Waals surface area contributed by atoms with Gasteiger partial charge in [0.05, 0.1) is 16.7 Å². The first-order valence-electron chi connectivity index (χ1n) is 11.1. The molecule has 1 heterocycles. The first-order valence-corrected chi connectivity index (χ1v) is 11.1. The van der Waals surface area contributed by atoms with Crippen LogP contribution in [0, 0.1) is 0 Å². The normalized spacial score (nSPS) is 20.7. The quantitative estimate of drug-likeness (QED) is 0.253. The van der Waals surface area contributed by atoms with Crippen molar-refractivity contribution < 1.29 is 42.9 Å². The van der Waals surface area contributed by atoms with E-state index in [9.17, 15) is 19.2 Å². The summed E-state index contributed by atoms with van der Waals surface area (Å²) in [4.78, 5) is 49.1. The SMILES string of the molecule is O=CO[C@@H]1[C@@H](OC(=O)c2ccccc2)O[C@H](COC(=O)c2ccccc2)[C@H]1OC(=O)c1ccccc1. The zero-order valence-corrected chi connectivity index (χ0v) is 18.9. The van der Waals surface area contributed by atoms with Crippen molar-refractivity contribution in [2.45, 2.75) is 24.6 Å². The first-order chi connectivity index (χ1) is 17.6. The molecule has 4 rings (SSSR count). The van der Waals surface area contributed by atoms with Gasteiger partial charge in [0.2, 0.25) is 12.4 Å². The van der Waals surface area contributed by atoms with Crippen molar-refractivity contribution in [3.8, 4) is 0 Å². The van der Waals surface area contributed by atoms with Crippen molar-refractivity contribution >= 4 is 24.4 Å². The van der Waals surface area contributed by atoms with E-state index in [-0.39, 0.29) is 24.2 Å². The fourth-order valence-corrected chi connectivity index (χ4v) is 3.60. The van der Waals surface area contributed by atoms with Crippen molar-refractivity contribution in [2.24, 2.45) is 0 Å². The van der Waals surface area contributed by atoms with E-state index in [2.05, 4.69) is 0 Å². The minimum Gasteiger partial charge on any atom is -0.459 e. The Morgan fingerprint density at radius 2 is 1.14 bits per heavy atom. The molecule has 0 spiro atoms. The van der Waals surface area contributed by atoms with Crippen LogP contribution in [0.4, 0.5) is 0 Å². The summed E-state index contributed by atoms with van der Waals surface area (Å²) in [7, 11) is 0. The maximum absolute atomic E-state index is 12.8. The molecule has 0 aromatic heterocycles. The van der Waals surface area contributed by atoms with E-state index in [0.717, 1.165) is 0 Å². The van der Waals surface area contributed by atoms with Crippen LogP contribution in [-0.4, -0.2) is 55.6 Å². The van der Waals surface area contributed by atoms with Crippen LogP contribution in [0.25, 0.3) is 0 Å². The van der Waals surface area contributed by atoms with Gasteiger partial charge >= 0.3 is 17.9 Å². The number of esters is 3. The molecule has 1 aliphatic rings. The Kier molecular flexibility index (Phi) is 8.05. The predicted octanol–water partition coefficient (Wildman–Crippen LogP) is 3.19. The molecule has 0 saturated carbocycles. The van der Waals surface area contributed by atoms with Gasteiger partial charge in [-0.05, 0) is 36.4 Å². The molecule has 1 aliphatic heterocycles. The summed E-state index contributed by atoms with van der Waals surface area (Å²) in [6, 6.07) is 24.5. The third-order valence-corrected chi connectivity index (χ3v) is 5.35. The summed E-state index contributed by atoms with van der Waals surface area (Å²) in [6.45, 7) is -0.225. The Hall–Kier alpha value is -4.50. The molecule has 0 N–H and O–H groups in total. The highest BCUT2D eigenvalue weighted by Gasteiger charge is 2.51. The van der Waals surface area contributed by atoms with E-state index in [1.807, 2.05) is 0 Å². The second-order valence-corrected chi connectivity index (χ2v) is 7.71. The smallest absolute Gasteiger partial charge is 0.340 e. The van der Waals surface area contributed by atoms with Crippen LogP contribution in [0.15, 0.2) is 91.0 Å². The molecular formula is C27H22O9. The summed E-state index contributed by atoms with van der Waals surface area (Å²) in [5.41, 5.74) is 0.788. The van der Waals surface area contributed by atoms with Crippen molar-refractivity contribution in [3.63, 3.8) is 0 Å². The molecule has 1 saturated heterocycles. The molecule has 3 aromatic rings. The Labute approximate surface area is 206 Å². The molecule has 184 valence electrons. The van der Waals surface area contributed by atoms with Crippen molar-refractivity contribution in [2.75, 3.05) is 6.61 Å². The zero-order valence-electron chi connectivity index (χ0n) is 18.9. The van der Waals surface area contributed by atoms with Crippen LogP contribution >= 0.6 is 0 Å². The highest BCUT2D eigenvalue weighted by Crippen LogP contribution is 2.29. The monoisotopic (exact) mass is 490 g/mol. The van der Waals surface area contributed by atoms with E-state index in [1.165, 1.54) is 0 Å². The second-order valence-electron chi connectivity index (χ2n) is 7.71. The van der Waals surface area contributed by atoms with Gasteiger partial charge in [-0.1, -0.05) is 54.6 Å². The fourth-order valence-electron chi connectivity index (χ4n) is 3.60. The molecule has 0 aliphatic carbocycles. The molecule has 1 fully saturated rings. The number of hydrogen-bond acceptors (Lipinski definition) is 9. The lowest BCUT2D eigenvalue weighted by Gasteiger charge is -2.22. The Morgan fingerprint density at radius 1 is 0.667 bits per heavy atom. The van der Waals surface area contributed by atoms with Crippen LogP contribution in [0.2, 0.25) is 0 Å². The van der Waals surface area contributed by atoms with E-state index < -0.39 is 42.5 Å². The number of carbonyl (C=O) groups excluding carboxylic acids is 4. The summed E-state index contributed by atoms with van der Waals surface area (Å²) in [6.07, 6.45) is -5.05. The molecule has 0 unspecified atom stereocenters. The Balaban J connectivity index is 1.54. The van der Waals surface area contributed by atoms with Crippen molar-refractivity contribution in [1.29, 1.82) is 0 Å². The maximum atomic E-state index is 12.8. The second kappa shape index (κ2) is 11.8. The summed E-state index contributed by atoms with van der Waals surface area (Å²) >= 11 is 0. The number of rotatable bonds is 9. The molecule has 0 radical (unpaired) electrons.